The molecule has 3 amide bonds. The Labute approximate surface area is 246 Å². The number of imidazole rings is 1. The van der Waals surface area contributed by atoms with E-state index in [-0.39, 0.29) is 45.6 Å². The highest BCUT2D eigenvalue weighted by atomic mass is 35.5. The standard InChI is InChI=1S/C26H21ClF3N9O4/c1-14-7-15(10-31)8-17(23(40)36-37(2)25(42)43-3)21(14)34-24(41)19-9-16(11-38-12-20(33-13-38)26(28,29)30)35-39(19)22-18(27)5-4-6-32-22/h4-9,12-13H,11H2,1-3H3,(H,34,41)(H,36,40). The van der Waals surface area contributed by atoms with E-state index in [0.29, 0.717) is 5.56 Å². The van der Waals surface area contributed by atoms with Gasteiger partial charge in [-0.25, -0.2) is 24.5 Å². The van der Waals surface area contributed by atoms with E-state index in [0.717, 1.165) is 33.9 Å². The highest BCUT2D eigenvalue weighted by Crippen LogP contribution is 2.28. The van der Waals surface area contributed by atoms with E-state index in [2.05, 4.69) is 30.5 Å². The fraction of sp³-hybridized carbons (Fsp3) is 0.192. The number of hydrogen-bond acceptors (Lipinski definition) is 8. The van der Waals surface area contributed by atoms with Gasteiger partial charge in [-0.2, -0.15) is 23.5 Å². The van der Waals surface area contributed by atoms with Crippen molar-refractivity contribution in [3.63, 3.8) is 0 Å². The smallest absolute Gasteiger partial charge is 0.434 e. The minimum absolute atomic E-state index is 0.00520. The van der Waals surface area contributed by atoms with Gasteiger partial charge in [0.25, 0.3) is 11.8 Å². The molecule has 0 spiro atoms. The number of carbonyl (C=O) groups is 3. The van der Waals surface area contributed by atoms with Gasteiger partial charge in [-0.1, -0.05) is 11.6 Å². The van der Waals surface area contributed by atoms with E-state index in [1.165, 1.54) is 37.5 Å². The second-order valence-electron chi connectivity index (χ2n) is 8.92. The minimum atomic E-state index is -4.65. The zero-order valence-corrected chi connectivity index (χ0v) is 23.4. The Balaban J connectivity index is 1.74. The summed E-state index contributed by atoms with van der Waals surface area (Å²) < 4.78 is 45.9. The lowest BCUT2D eigenvalue weighted by atomic mass is 10.0. The van der Waals surface area contributed by atoms with Crippen LogP contribution in [-0.4, -0.2) is 61.4 Å². The summed E-state index contributed by atoms with van der Waals surface area (Å²) in [6, 6.07) is 8.95. The van der Waals surface area contributed by atoms with Crippen molar-refractivity contribution < 1.29 is 32.3 Å². The van der Waals surface area contributed by atoms with Gasteiger partial charge in [0.1, 0.15) is 5.69 Å². The molecule has 3 aromatic heterocycles. The van der Waals surface area contributed by atoms with E-state index in [9.17, 15) is 32.8 Å². The van der Waals surface area contributed by atoms with E-state index in [1.807, 2.05) is 6.07 Å². The molecule has 0 unspecified atom stereocenters. The van der Waals surface area contributed by atoms with Crippen molar-refractivity contribution in [3.05, 3.63) is 87.8 Å². The molecule has 0 saturated heterocycles. The molecule has 0 fully saturated rings. The maximum Gasteiger partial charge on any atom is 0.434 e. The van der Waals surface area contributed by atoms with Crippen LogP contribution in [0.25, 0.3) is 5.82 Å². The number of alkyl halides is 3. The predicted octanol–water partition coefficient (Wildman–Crippen LogP) is 3.96. The molecule has 43 heavy (non-hydrogen) atoms. The van der Waals surface area contributed by atoms with Crippen molar-refractivity contribution in [2.24, 2.45) is 0 Å². The fourth-order valence-corrected chi connectivity index (χ4v) is 4.11. The predicted molar refractivity (Wildman–Crippen MR) is 144 cm³/mol. The zero-order valence-electron chi connectivity index (χ0n) is 22.6. The molecular weight excluding hydrogens is 595 g/mol. The van der Waals surface area contributed by atoms with Gasteiger partial charge in [-0.3, -0.25) is 15.0 Å². The molecule has 0 bridgehead atoms. The molecule has 4 aromatic rings. The number of carbonyl (C=O) groups excluding carboxylic acids is 3. The number of nitrogens with zero attached hydrogens (tertiary/aromatic N) is 7. The van der Waals surface area contributed by atoms with Crippen LogP contribution in [0.5, 0.6) is 0 Å². The zero-order chi connectivity index (χ0) is 31.5. The number of methoxy groups -OCH3 is 1. The summed E-state index contributed by atoms with van der Waals surface area (Å²) in [6.45, 7) is 1.36. The monoisotopic (exact) mass is 615 g/mol. The van der Waals surface area contributed by atoms with Gasteiger partial charge in [0.2, 0.25) is 0 Å². The van der Waals surface area contributed by atoms with Crippen molar-refractivity contribution in [2.45, 2.75) is 19.6 Å². The summed E-state index contributed by atoms with van der Waals surface area (Å²) in [5.74, 6) is -1.59. The third-order valence-corrected chi connectivity index (χ3v) is 6.16. The van der Waals surface area contributed by atoms with Crippen LogP contribution in [0.4, 0.5) is 23.7 Å². The Hall–Kier alpha value is -5.43. The molecular formula is C26H21ClF3N9O4. The summed E-state index contributed by atoms with van der Waals surface area (Å²) in [6.07, 6.45) is -2.35. The maximum absolute atomic E-state index is 13.7. The van der Waals surface area contributed by atoms with Gasteiger partial charge in [0.15, 0.2) is 11.5 Å². The molecule has 3 heterocycles. The summed E-state index contributed by atoms with van der Waals surface area (Å²) in [4.78, 5) is 46.1. The summed E-state index contributed by atoms with van der Waals surface area (Å²) in [5.41, 5.74) is 1.51. The number of benzene rings is 1. The number of anilines is 1. The third kappa shape index (κ3) is 6.73. The first-order valence-corrected chi connectivity index (χ1v) is 12.5. The average Bonchev–Trinajstić information content (AvgIpc) is 3.61. The molecule has 2 N–H and O–H groups in total. The van der Waals surface area contributed by atoms with Crippen molar-refractivity contribution in [1.82, 2.24) is 34.8 Å². The lowest BCUT2D eigenvalue weighted by Crippen LogP contribution is -2.43. The molecule has 0 aliphatic carbocycles. The van der Waals surface area contributed by atoms with Gasteiger partial charge in [0.05, 0.1) is 53.6 Å². The van der Waals surface area contributed by atoms with Crippen molar-refractivity contribution in [3.8, 4) is 11.9 Å². The number of nitriles is 1. The number of ether oxygens (including phenoxy) is 1. The summed E-state index contributed by atoms with van der Waals surface area (Å²) in [7, 11) is 2.35. The lowest BCUT2D eigenvalue weighted by Gasteiger charge is -2.19. The molecule has 222 valence electrons. The summed E-state index contributed by atoms with van der Waals surface area (Å²) >= 11 is 6.31. The Morgan fingerprint density at radius 1 is 1.19 bits per heavy atom. The number of aryl methyl sites for hydroxylation is 1. The Bertz CT molecular complexity index is 1760. The van der Waals surface area contributed by atoms with Gasteiger partial charge in [0, 0.05) is 19.4 Å². The maximum atomic E-state index is 13.7. The van der Waals surface area contributed by atoms with Crippen molar-refractivity contribution in [2.75, 3.05) is 19.5 Å². The number of hydrogen-bond donors (Lipinski definition) is 2. The topological polar surface area (TPSA) is 160 Å². The largest absolute Gasteiger partial charge is 0.452 e. The molecule has 13 nitrogen and oxygen atoms in total. The Kier molecular flexibility index (Phi) is 8.66. The average molecular weight is 616 g/mol. The number of halogens is 4. The second-order valence-corrected chi connectivity index (χ2v) is 9.33. The third-order valence-electron chi connectivity index (χ3n) is 5.87. The van der Waals surface area contributed by atoms with E-state index < -0.39 is 29.8 Å². The number of pyridine rings is 1. The SMILES string of the molecule is COC(=O)N(C)NC(=O)c1cc(C#N)cc(C)c1NC(=O)c1cc(Cn2cnc(C(F)(F)F)c2)nn1-c1ncccc1Cl. The van der Waals surface area contributed by atoms with Gasteiger partial charge in [-0.15, -0.1) is 0 Å². The van der Waals surface area contributed by atoms with Crippen LogP contribution in [0.15, 0.2) is 49.1 Å². The van der Waals surface area contributed by atoms with Crippen LogP contribution in [0, 0.1) is 18.3 Å². The first kappa shape index (κ1) is 30.5. The molecule has 0 aliphatic heterocycles. The highest BCUT2D eigenvalue weighted by molar-refractivity contribution is 6.32. The minimum Gasteiger partial charge on any atom is -0.452 e. The first-order valence-electron chi connectivity index (χ1n) is 12.1. The van der Waals surface area contributed by atoms with Crippen LogP contribution in [0.1, 0.15) is 43.4 Å². The molecule has 0 radical (unpaired) electrons. The van der Waals surface area contributed by atoms with Gasteiger partial charge < -0.3 is 14.6 Å². The summed E-state index contributed by atoms with van der Waals surface area (Å²) in [5, 5.41) is 17.3. The molecule has 4 rings (SSSR count). The number of amides is 3. The number of aromatic nitrogens is 5. The van der Waals surface area contributed by atoms with Crippen LogP contribution in [0.3, 0.4) is 0 Å². The second kappa shape index (κ2) is 12.2. The van der Waals surface area contributed by atoms with Crippen LogP contribution < -0.4 is 10.7 Å². The van der Waals surface area contributed by atoms with E-state index in [1.54, 1.807) is 13.0 Å². The fourth-order valence-electron chi connectivity index (χ4n) is 3.91. The van der Waals surface area contributed by atoms with Crippen molar-refractivity contribution >= 4 is 35.2 Å². The van der Waals surface area contributed by atoms with E-state index >= 15 is 0 Å². The first-order chi connectivity index (χ1) is 20.3. The highest BCUT2D eigenvalue weighted by Gasteiger charge is 2.33. The Morgan fingerprint density at radius 3 is 2.56 bits per heavy atom. The quantitative estimate of drug-likeness (QED) is 0.308. The van der Waals surface area contributed by atoms with Gasteiger partial charge >= 0.3 is 12.3 Å². The lowest BCUT2D eigenvalue weighted by molar-refractivity contribution is -0.141. The molecule has 0 atom stereocenters. The number of nitrogens with one attached hydrogen (secondary N) is 2. The molecule has 0 aliphatic rings. The molecule has 17 heteroatoms. The van der Waals surface area contributed by atoms with Crippen LogP contribution in [-0.2, 0) is 17.5 Å². The van der Waals surface area contributed by atoms with Crippen LogP contribution >= 0.6 is 11.6 Å². The molecule has 1 aromatic carbocycles. The Morgan fingerprint density at radius 2 is 1.93 bits per heavy atom. The van der Waals surface area contributed by atoms with Gasteiger partial charge in [-0.05, 0) is 42.8 Å². The van der Waals surface area contributed by atoms with Crippen LogP contribution in [0.2, 0.25) is 5.02 Å². The van der Waals surface area contributed by atoms with Crippen molar-refractivity contribution in [1.29, 1.82) is 5.26 Å². The number of hydrazine groups is 1. The number of rotatable bonds is 6. The van der Waals surface area contributed by atoms with E-state index in [4.69, 9.17) is 11.6 Å². The molecule has 0 saturated carbocycles. The normalized spacial score (nSPS) is 11.0.